The number of amides is 1. The lowest BCUT2D eigenvalue weighted by atomic mass is 9.94. The Balaban J connectivity index is 2.13. The lowest BCUT2D eigenvalue weighted by molar-refractivity contribution is 0.0698. The SMILES string of the molecule is Cc1cccc(C(=O)N(C)C2CCCCC2Br)n1. The molecular formula is C14H19BrN2O. The zero-order valence-corrected chi connectivity index (χ0v) is 12.5. The summed E-state index contributed by atoms with van der Waals surface area (Å²) in [5.74, 6) is 0.0232. The van der Waals surface area contributed by atoms with E-state index in [4.69, 9.17) is 0 Å². The van der Waals surface area contributed by atoms with Crippen LogP contribution >= 0.6 is 15.9 Å². The molecule has 2 atom stereocenters. The fourth-order valence-corrected chi connectivity index (χ4v) is 3.44. The average Bonchev–Trinajstić information content (AvgIpc) is 2.37. The molecule has 1 aliphatic carbocycles. The van der Waals surface area contributed by atoms with Crippen LogP contribution in [0.1, 0.15) is 41.9 Å². The molecule has 18 heavy (non-hydrogen) atoms. The van der Waals surface area contributed by atoms with Gasteiger partial charge in [-0.25, -0.2) is 4.98 Å². The maximum Gasteiger partial charge on any atom is 0.272 e. The second kappa shape index (κ2) is 5.83. The highest BCUT2D eigenvalue weighted by atomic mass is 79.9. The van der Waals surface area contributed by atoms with E-state index < -0.39 is 0 Å². The maximum absolute atomic E-state index is 12.4. The summed E-state index contributed by atoms with van der Waals surface area (Å²) in [5, 5.41) is 0. The van der Waals surface area contributed by atoms with E-state index in [9.17, 15) is 4.79 Å². The molecule has 2 unspecified atom stereocenters. The van der Waals surface area contributed by atoms with Gasteiger partial charge in [-0.2, -0.15) is 0 Å². The number of carbonyl (C=O) groups excluding carboxylic acids is 1. The number of aromatic nitrogens is 1. The van der Waals surface area contributed by atoms with Gasteiger partial charge in [0.05, 0.1) is 0 Å². The van der Waals surface area contributed by atoms with Gasteiger partial charge >= 0.3 is 0 Å². The monoisotopic (exact) mass is 310 g/mol. The summed E-state index contributed by atoms with van der Waals surface area (Å²) >= 11 is 3.70. The van der Waals surface area contributed by atoms with Gasteiger partial charge in [-0.1, -0.05) is 34.8 Å². The minimum Gasteiger partial charge on any atom is -0.336 e. The first-order valence-electron chi connectivity index (χ1n) is 6.44. The van der Waals surface area contributed by atoms with Gasteiger partial charge in [-0.05, 0) is 31.9 Å². The molecule has 3 nitrogen and oxygen atoms in total. The molecule has 0 aliphatic heterocycles. The van der Waals surface area contributed by atoms with Crippen molar-refractivity contribution < 1.29 is 4.79 Å². The van der Waals surface area contributed by atoms with Gasteiger partial charge in [0.1, 0.15) is 5.69 Å². The third-order valence-corrected chi connectivity index (χ3v) is 4.64. The van der Waals surface area contributed by atoms with Crippen LogP contribution in [-0.2, 0) is 0 Å². The number of alkyl halides is 1. The Hall–Kier alpha value is -0.900. The predicted octanol–water partition coefficient (Wildman–Crippen LogP) is 3.17. The fraction of sp³-hybridized carbons (Fsp3) is 0.571. The highest BCUT2D eigenvalue weighted by molar-refractivity contribution is 9.09. The summed E-state index contributed by atoms with van der Waals surface area (Å²) in [4.78, 5) is 18.9. The van der Waals surface area contributed by atoms with Gasteiger partial charge in [0, 0.05) is 23.6 Å². The number of carbonyl (C=O) groups is 1. The molecule has 4 heteroatoms. The molecule has 0 bridgehead atoms. The van der Waals surface area contributed by atoms with Crippen LogP contribution in [0.2, 0.25) is 0 Å². The lowest BCUT2D eigenvalue weighted by Crippen LogP contribution is -2.44. The Bertz CT molecular complexity index is 436. The summed E-state index contributed by atoms with van der Waals surface area (Å²) in [6.45, 7) is 1.91. The van der Waals surface area contributed by atoms with Crippen LogP contribution in [0.5, 0.6) is 0 Å². The molecule has 1 fully saturated rings. The van der Waals surface area contributed by atoms with Crippen LogP contribution in [0, 0.1) is 6.92 Å². The molecule has 1 heterocycles. The van der Waals surface area contributed by atoms with Gasteiger partial charge in [-0.3, -0.25) is 4.79 Å². The van der Waals surface area contributed by atoms with E-state index in [2.05, 4.69) is 20.9 Å². The number of hydrogen-bond donors (Lipinski definition) is 0. The molecular weight excluding hydrogens is 292 g/mol. The summed E-state index contributed by atoms with van der Waals surface area (Å²) in [6.07, 6.45) is 4.66. The molecule has 0 N–H and O–H groups in total. The van der Waals surface area contributed by atoms with Crippen molar-refractivity contribution in [2.24, 2.45) is 0 Å². The number of hydrogen-bond acceptors (Lipinski definition) is 2. The van der Waals surface area contributed by atoms with Crippen molar-refractivity contribution in [3.8, 4) is 0 Å². The standard InChI is InChI=1S/C14H19BrN2O/c1-10-6-5-8-12(16-10)14(18)17(2)13-9-4-3-7-11(13)15/h5-6,8,11,13H,3-4,7,9H2,1-2H3. The normalized spacial score (nSPS) is 23.7. The molecule has 0 spiro atoms. The molecule has 0 aromatic carbocycles. The largest absolute Gasteiger partial charge is 0.336 e. The van der Waals surface area contributed by atoms with Crippen LogP contribution < -0.4 is 0 Å². The van der Waals surface area contributed by atoms with Crippen molar-refractivity contribution in [1.29, 1.82) is 0 Å². The van der Waals surface area contributed by atoms with Crippen molar-refractivity contribution >= 4 is 21.8 Å². The van der Waals surface area contributed by atoms with Gasteiger partial charge in [0.15, 0.2) is 0 Å². The Morgan fingerprint density at radius 2 is 2.11 bits per heavy atom. The molecule has 1 amide bonds. The van der Waals surface area contributed by atoms with Crippen LogP contribution in [-0.4, -0.2) is 33.7 Å². The van der Waals surface area contributed by atoms with Gasteiger partial charge in [-0.15, -0.1) is 0 Å². The number of rotatable bonds is 2. The molecule has 1 aromatic rings. The molecule has 0 saturated heterocycles. The van der Waals surface area contributed by atoms with Crippen LogP contribution in [0.15, 0.2) is 18.2 Å². The zero-order valence-electron chi connectivity index (χ0n) is 10.9. The highest BCUT2D eigenvalue weighted by Gasteiger charge is 2.29. The quantitative estimate of drug-likeness (QED) is 0.786. The van der Waals surface area contributed by atoms with Crippen LogP contribution in [0.25, 0.3) is 0 Å². The van der Waals surface area contributed by atoms with E-state index in [-0.39, 0.29) is 11.9 Å². The fourth-order valence-electron chi connectivity index (χ4n) is 2.50. The average molecular weight is 311 g/mol. The minimum absolute atomic E-state index is 0.0232. The third kappa shape index (κ3) is 2.91. The Morgan fingerprint density at radius 3 is 2.78 bits per heavy atom. The number of aryl methyl sites for hydroxylation is 1. The van der Waals surface area contributed by atoms with Gasteiger partial charge in [0.25, 0.3) is 5.91 Å². The Morgan fingerprint density at radius 1 is 1.39 bits per heavy atom. The molecule has 1 aromatic heterocycles. The second-order valence-electron chi connectivity index (χ2n) is 4.95. The molecule has 0 radical (unpaired) electrons. The predicted molar refractivity (Wildman–Crippen MR) is 76.0 cm³/mol. The second-order valence-corrected chi connectivity index (χ2v) is 6.12. The molecule has 1 saturated carbocycles. The highest BCUT2D eigenvalue weighted by Crippen LogP contribution is 2.28. The van der Waals surface area contributed by atoms with Crippen LogP contribution in [0.4, 0.5) is 0 Å². The molecule has 1 aliphatic rings. The van der Waals surface area contributed by atoms with Crippen molar-refractivity contribution in [1.82, 2.24) is 9.88 Å². The Labute approximate surface area is 117 Å². The van der Waals surface area contributed by atoms with E-state index in [1.54, 1.807) is 6.07 Å². The summed E-state index contributed by atoms with van der Waals surface area (Å²) in [6, 6.07) is 5.87. The van der Waals surface area contributed by atoms with Crippen molar-refractivity contribution in [2.75, 3.05) is 7.05 Å². The first kappa shape index (κ1) is 13.5. The van der Waals surface area contributed by atoms with E-state index in [1.807, 2.05) is 31.0 Å². The van der Waals surface area contributed by atoms with E-state index in [0.717, 1.165) is 18.5 Å². The Kier molecular flexibility index (Phi) is 4.38. The van der Waals surface area contributed by atoms with Crippen molar-refractivity contribution in [3.05, 3.63) is 29.6 Å². The minimum atomic E-state index is 0.0232. The topological polar surface area (TPSA) is 33.2 Å². The first-order valence-corrected chi connectivity index (χ1v) is 7.36. The summed E-state index contributed by atoms with van der Waals surface area (Å²) in [7, 11) is 1.89. The van der Waals surface area contributed by atoms with E-state index >= 15 is 0 Å². The van der Waals surface area contributed by atoms with Crippen LogP contribution in [0.3, 0.4) is 0 Å². The molecule has 98 valence electrons. The summed E-state index contributed by atoms with van der Waals surface area (Å²) in [5.41, 5.74) is 1.43. The number of nitrogens with zero attached hydrogens (tertiary/aromatic N) is 2. The lowest BCUT2D eigenvalue weighted by Gasteiger charge is -2.35. The van der Waals surface area contributed by atoms with E-state index in [0.29, 0.717) is 10.5 Å². The van der Waals surface area contributed by atoms with Gasteiger partial charge < -0.3 is 4.90 Å². The van der Waals surface area contributed by atoms with Crippen molar-refractivity contribution in [2.45, 2.75) is 43.5 Å². The number of pyridine rings is 1. The maximum atomic E-state index is 12.4. The smallest absolute Gasteiger partial charge is 0.272 e. The molecule has 2 rings (SSSR count). The number of halogens is 1. The third-order valence-electron chi connectivity index (χ3n) is 3.57. The first-order chi connectivity index (χ1) is 8.59. The van der Waals surface area contributed by atoms with Crippen molar-refractivity contribution in [3.63, 3.8) is 0 Å². The van der Waals surface area contributed by atoms with E-state index in [1.165, 1.54) is 12.8 Å². The van der Waals surface area contributed by atoms with Gasteiger partial charge in [0.2, 0.25) is 0 Å². The zero-order chi connectivity index (χ0) is 13.1. The summed E-state index contributed by atoms with van der Waals surface area (Å²) < 4.78 is 0.